The predicted molar refractivity (Wildman–Crippen MR) is 193 cm³/mol. The Balaban J connectivity index is -0.000000707. The molecule has 0 rings (SSSR count). The lowest BCUT2D eigenvalue weighted by molar-refractivity contribution is -0.140. The zero-order chi connectivity index (χ0) is 38.0. The van der Waals surface area contributed by atoms with Crippen molar-refractivity contribution in [3.8, 4) is 6.26 Å². The summed E-state index contributed by atoms with van der Waals surface area (Å²) in [6, 6.07) is 1.92. The normalized spacial score (nSPS) is 11.5. The molecule has 0 saturated heterocycles. The molecule has 0 aromatic carbocycles. The third-order valence-electron chi connectivity index (χ3n) is 7.89. The number of esters is 2. The Hall–Kier alpha value is -2.39. The van der Waals surface area contributed by atoms with Crippen LogP contribution in [-0.2, 0) is 46.3 Å². The third-order valence-corrected chi connectivity index (χ3v) is 13.7. The van der Waals surface area contributed by atoms with Gasteiger partial charge in [-0.1, -0.05) is 40.9 Å². The zero-order valence-electron chi connectivity index (χ0n) is 32.0. The highest BCUT2D eigenvalue weighted by Crippen LogP contribution is 2.32. The first-order valence-electron chi connectivity index (χ1n) is 16.2. The van der Waals surface area contributed by atoms with Crippen molar-refractivity contribution in [2.75, 3.05) is 54.8 Å². The number of nitriles is 1. The molecular formula is C34H66N2O10Si2. The van der Waals surface area contributed by atoms with Crippen LogP contribution in [0.5, 0.6) is 0 Å². The minimum absolute atomic E-state index is 0.0768. The fourth-order valence-electron chi connectivity index (χ4n) is 3.44. The van der Waals surface area contributed by atoms with E-state index in [4.69, 9.17) is 33.4 Å². The maximum Gasteiger partial charge on any atom is 0.334 e. The van der Waals surface area contributed by atoms with Crippen molar-refractivity contribution in [3.05, 3.63) is 24.3 Å². The number of nitrogens with two attached hydrogens (primary N) is 1. The van der Waals surface area contributed by atoms with Gasteiger partial charge in [0.1, 0.15) is 19.0 Å². The van der Waals surface area contributed by atoms with E-state index in [1.54, 1.807) is 42.3 Å². The molecule has 0 amide bonds. The van der Waals surface area contributed by atoms with Gasteiger partial charge >= 0.3 is 29.1 Å². The summed E-state index contributed by atoms with van der Waals surface area (Å²) in [4.78, 5) is 33.9. The average Bonchev–Trinajstić information content (AvgIpc) is 3.05. The van der Waals surface area contributed by atoms with E-state index in [1.165, 1.54) is 6.26 Å². The number of carbonyl (C=O) groups excluding carboxylic acids is 3. The van der Waals surface area contributed by atoms with Crippen molar-refractivity contribution in [1.82, 2.24) is 0 Å². The summed E-state index contributed by atoms with van der Waals surface area (Å²) in [6.07, 6.45) is 5.90. The lowest BCUT2D eigenvalue weighted by Gasteiger charge is -2.29. The number of ketones is 1. The van der Waals surface area contributed by atoms with Crippen LogP contribution in [0.4, 0.5) is 0 Å². The second kappa shape index (κ2) is 26.5. The summed E-state index contributed by atoms with van der Waals surface area (Å²) < 4.78 is 35.7. The summed E-state index contributed by atoms with van der Waals surface area (Å²) in [5, 5.41) is 7.91. The summed E-state index contributed by atoms with van der Waals surface area (Å²) in [5.74, 6) is -0.647. The molecule has 0 fully saturated rings. The molecule has 0 radical (unpaired) electrons. The van der Waals surface area contributed by atoms with Gasteiger partial charge in [-0.3, -0.25) is 4.79 Å². The topological polar surface area (TPSA) is 166 Å². The van der Waals surface area contributed by atoms with Gasteiger partial charge < -0.3 is 37.6 Å². The number of nitrogens with zero attached hydrogens (tertiary/aromatic N) is 1. The molecule has 0 bridgehead atoms. The van der Waals surface area contributed by atoms with E-state index in [-0.39, 0.29) is 36.4 Å². The van der Waals surface area contributed by atoms with Crippen LogP contribution in [0.2, 0.25) is 25.2 Å². The lowest BCUT2D eigenvalue weighted by Crippen LogP contribution is -2.38. The molecule has 0 aliphatic rings. The van der Waals surface area contributed by atoms with E-state index in [1.807, 2.05) is 0 Å². The maximum atomic E-state index is 12.0. The monoisotopic (exact) mass is 718 g/mol. The van der Waals surface area contributed by atoms with Crippen molar-refractivity contribution >= 4 is 34.8 Å². The molecule has 0 spiro atoms. The second-order valence-corrected chi connectivity index (χ2v) is 20.7. The maximum absolute atomic E-state index is 12.0. The van der Waals surface area contributed by atoms with Gasteiger partial charge in [0, 0.05) is 52.4 Å². The second-order valence-electron chi connectivity index (χ2n) is 13.5. The Kier molecular flexibility index (Phi) is 27.6. The van der Waals surface area contributed by atoms with Gasteiger partial charge in [0.05, 0.1) is 6.61 Å². The van der Waals surface area contributed by atoms with Gasteiger partial charge in [-0.05, 0) is 82.1 Å². The zero-order valence-corrected chi connectivity index (χ0v) is 34.0. The molecule has 0 aromatic heterocycles. The Morgan fingerprint density at radius 2 is 1.12 bits per heavy atom. The van der Waals surface area contributed by atoms with Gasteiger partial charge in [-0.15, -0.1) is 0 Å². The van der Waals surface area contributed by atoms with Gasteiger partial charge in [-0.2, -0.15) is 5.26 Å². The van der Waals surface area contributed by atoms with Crippen molar-refractivity contribution in [2.45, 2.75) is 105 Å². The van der Waals surface area contributed by atoms with Gasteiger partial charge in [0.2, 0.25) is 0 Å². The molecule has 14 heteroatoms. The third kappa shape index (κ3) is 27.6. The largest absolute Gasteiger partial charge is 0.462 e. The summed E-state index contributed by atoms with van der Waals surface area (Å²) in [5.41, 5.74) is 6.64. The quantitative estimate of drug-likeness (QED) is 0.0410. The van der Waals surface area contributed by atoms with Crippen LogP contribution in [0, 0.1) is 22.3 Å². The molecule has 0 aliphatic carbocycles. The number of carbonyl (C=O) groups is 3. The Morgan fingerprint density at radius 1 is 0.708 bits per heavy atom. The standard InChI is InChI=1S/C18H34O5Si.C9H23NO2Si.C7H9NO3/c1-15(2)17(20)23-13-8-9-16(19)10-11-18(3,4)12-14-24(7,21-5)22-6;1-9(2,8-10)6-7-13(5,11-3)12-4;1-6(2)7(9)11-4-3-10-5-8/h1,8-14H2,2-7H3;6-8,10H2,1-5H3;1,3-4H2,2H3. The van der Waals surface area contributed by atoms with Crippen LogP contribution in [0.15, 0.2) is 24.3 Å². The smallest absolute Gasteiger partial charge is 0.334 e. The first kappa shape index (κ1) is 50.0. The van der Waals surface area contributed by atoms with Gasteiger partial charge in [0.25, 0.3) is 6.26 Å². The fraction of sp³-hybridized carbons (Fsp3) is 0.765. The van der Waals surface area contributed by atoms with Crippen LogP contribution in [-0.4, -0.2) is 89.6 Å². The number of rotatable bonds is 23. The molecule has 0 saturated carbocycles. The van der Waals surface area contributed by atoms with Gasteiger partial charge in [0.15, 0.2) is 0 Å². The Labute approximate surface area is 293 Å². The Bertz CT molecular complexity index is 1000. The number of hydrogen-bond acceptors (Lipinski definition) is 12. The van der Waals surface area contributed by atoms with Crippen LogP contribution in [0.3, 0.4) is 0 Å². The van der Waals surface area contributed by atoms with E-state index in [0.717, 1.165) is 31.4 Å². The molecule has 2 N–H and O–H groups in total. The minimum Gasteiger partial charge on any atom is -0.462 e. The lowest BCUT2D eigenvalue weighted by atomic mass is 9.84. The van der Waals surface area contributed by atoms with E-state index in [0.29, 0.717) is 37.0 Å². The highest BCUT2D eigenvalue weighted by molar-refractivity contribution is 6.66. The molecule has 48 heavy (non-hydrogen) atoms. The first-order chi connectivity index (χ1) is 22.1. The van der Waals surface area contributed by atoms with Crippen molar-refractivity contribution < 1.29 is 46.3 Å². The van der Waals surface area contributed by atoms with Crippen molar-refractivity contribution in [2.24, 2.45) is 16.6 Å². The van der Waals surface area contributed by atoms with E-state index >= 15 is 0 Å². The highest BCUT2D eigenvalue weighted by atomic mass is 28.4. The van der Waals surface area contributed by atoms with E-state index in [9.17, 15) is 14.4 Å². The van der Waals surface area contributed by atoms with Crippen molar-refractivity contribution in [3.63, 3.8) is 0 Å². The van der Waals surface area contributed by atoms with Crippen LogP contribution >= 0.6 is 0 Å². The molecule has 0 atom stereocenters. The average molecular weight is 719 g/mol. The fourth-order valence-corrected chi connectivity index (χ4v) is 6.85. The summed E-state index contributed by atoms with van der Waals surface area (Å²) in [7, 11) is 2.93. The van der Waals surface area contributed by atoms with E-state index in [2.05, 4.69) is 63.4 Å². The molecular weight excluding hydrogens is 653 g/mol. The predicted octanol–water partition coefficient (Wildman–Crippen LogP) is 6.35. The van der Waals surface area contributed by atoms with Crippen LogP contribution in [0.25, 0.3) is 0 Å². The van der Waals surface area contributed by atoms with Crippen LogP contribution < -0.4 is 5.73 Å². The minimum atomic E-state index is -2.05. The molecule has 0 heterocycles. The number of ether oxygens (including phenoxy) is 3. The van der Waals surface area contributed by atoms with Crippen LogP contribution in [0.1, 0.15) is 80.1 Å². The van der Waals surface area contributed by atoms with E-state index < -0.39 is 29.1 Å². The number of hydrogen-bond donors (Lipinski definition) is 1. The van der Waals surface area contributed by atoms with Gasteiger partial charge in [-0.25, -0.2) is 9.59 Å². The molecule has 12 nitrogen and oxygen atoms in total. The molecule has 280 valence electrons. The molecule has 0 aromatic rings. The summed E-state index contributed by atoms with van der Waals surface area (Å²) in [6.45, 7) is 24.0. The number of Topliss-reactive ketones (excluding diaryl/α,β-unsaturated/α-hetero) is 1. The molecule has 0 aliphatic heterocycles. The first-order valence-corrected chi connectivity index (χ1v) is 21.3. The van der Waals surface area contributed by atoms with Crippen molar-refractivity contribution in [1.29, 1.82) is 5.26 Å². The Morgan fingerprint density at radius 3 is 1.50 bits per heavy atom. The SMILES string of the molecule is C=C(C)C(=O)OCCCC(=O)CCC(C)(C)CC[Si](C)(OC)OC.C=C(C)C(=O)OCCOC#N.CO[Si](C)(CCC(C)(C)CN)OC. The highest BCUT2D eigenvalue weighted by Gasteiger charge is 2.32. The summed E-state index contributed by atoms with van der Waals surface area (Å²) >= 11 is 0. The molecule has 0 unspecified atom stereocenters.